The highest BCUT2D eigenvalue weighted by molar-refractivity contribution is 6.18. The van der Waals surface area contributed by atoms with Gasteiger partial charge >= 0.3 is 0 Å². The van der Waals surface area contributed by atoms with E-state index >= 15 is 4.79 Å². The molecule has 0 unspecified atom stereocenters. The number of amides is 1. The van der Waals surface area contributed by atoms with Gasteiger partial charge in [-0.15, -0.1) is 0 Å². The molecule has 4 aromatic rings. The Morgan fingerprint density at radius 3 is 2.25 bits per heavy atom. The Morgan fingerprint density at radius 1 is 0.795 bits per heavy atom. The normalized spacial score (nSPS) is 23.0. The summed E-state index contributed by atoms with van der Waals surface area (Å²) in [5, 5.41) is 3.12. The molecule has 1 N–H and O–H groups in total. The Balaban J connectivity index is 1.46. The Hall–Kier alpha value is -4.77. The van der Waals surface area contributed by atoms with E-state index in [0.717, 1.165) is 48.1 Å². The Kier molecular flexibility index (Phi) is 7.04. The van der Waals surface area contributed by atoms with Crippen LogP contribution in [0.25, 0.3) is 5.57 Å². The van der Waals surface area contributed by atoms with E-state index in [9.17, 15) is 9.59 Å². The highest BCUT2D eigenvalue weighted by Crippen LogP contribution is 2.58. The molecule has 0 aliphatic carbocycles. The number of hydrogen-bond donors (Lipinski definition) is 1. The van der Waals surface area contributed by atoms with Gasteiger partial charge in [0.05, 0.1) is 12.0 Å². The number of carbonyl (C=O) groups excluding carboxylic acids is 3. The van der Waals surface area contributed by atoms with Crippen molar-refractivity contribution in [3.63, 3.8) is 0 Å². The van der Waals surface area contributed by atoms with Gasteiger partial charge in [-0.3, -0.25) is 14.4 Å². The Bertz CT molecular complexity index is 1790. The van der Waals surface area contributed by atoms with Crippen LogP contribution in [0.1, 0.15) is 70.5 Å². The summed E-state index contributed by atoms with van der Waals surface area (Å²) in [5.41, 5.74) is 5.26. The van der Waals surface area contributed by atoms with Gasteiger partial charge in [-0.1, -0.05) is 117 Å². The third-order valence-electron chi connectivity index (χ3n) is 9.80. The van der Waals surface area contributed by atoms with Crippen LogP contribution in [0.2, 0.25) is 0 Å². The summed E-state index contributed by atoms with van der Waals surface area (Å²) in [6, 6.07) is 31.2. The summed E-state index contributed by atoms with van der Waals surface area (Å²) >= 11 is 0. The van der Waals surface area contributed by atoms with Gasteiger partial charge < -0.3 is 10.2 Å². The number of nitrogens with one attached hydrogen (secondary N) is 1. The van der Waals surface area contributed by atoms with Crippen LogP contribution in [-0.2, 0) is 16.6 Å². The van der Waals surface area contributed by atoms with Crippen LogP contribution >= 0.6 is 0 Å². The highest BCUT2D eigenvalue weighted by Gasteiger charge is 2.70. The van der Waals surface area contributed by atoms with Gasteiger partial charge in [-0.25, -0.2) is 0 Å². The van der Waals surface area contributed by atoms with Crippen LogP contribution in [0.15, 0.2) is 109 Å². The number of carbonyl (C=O) groups is 3. The van der Waals surface area contributed by atoms with Crippen molar-refractivity contribution in [1.29, 1.82) is 0 Å². The molecule has 4 atom stereocenters. The van der Waals surface area contributed by atoms with Crippen molar-refractivity contribution >= 4 is 34.4 Å². The molecule has 7 rings (SSSR count). The summed E-state index contributed by atoms with van der Waals surface area (Å²) in [5.74, 6) is -1.56. The fourth-order valence-electron chi connectivity index (χ4n) is 7.75. The summed E-state index contributed by atoms with van der Waals surface area (Å²) < 4.78 is 0. The molecule has 1 saturated heterocycles. The van der Waals surface area contributed by atoms with Crippen molar-refractivity contribution in [2.24, 2.45) is 5.92 Å². The van der Waals surface area contributed by atoms with Crippen LogP contribution in [-0.4, -0.2) is 29.6 Å². The molecule has 0 bridgehead atoms. The second-order valence-electron chi connectivity index (χ2n) is 12.3. The van der Waals surface area contributed by atoms with Crippen LogP contribution in [0, 0.1) is 5.92 Å². The van der Waals surface area contributed by atoms with Gasteiger partial charge in [-0.2, -0.15) is 0 Å². The zero-order chi connectivity index (χ0) is 30.4. The average Bonchev–Trinajstić information content (AvgIpc) is 3.53. The summed E-state index contributed by atoms with van der Waals surface area (Å²) in [6.45, 7) is 4.23. The lowest BCUT2D eigenvalue weighted by molar-refractivity contribution is -0.121. The molecular weight excluding hydrogens is 544 g/mol. The van der Waals surface area contributed by atoms with E-state index in [-0.39, 0.29) is 17.5 Å². The van der Waals surface area contributed by atoms with E-state index in [1.807, 2.05) is 97.9 Å². The molecule has 1 spiro atoms. The standard InChI is InChI=1S/C39H36N2O3/c1-3-4-6-13-26-20-22-28(23-21-26)36(42)34-35(37(43)27-14-7-5-8-15-27)41-32-19-12-9-16-29(32)25(2)24-33(41)39(34)30-17-10-11-18-31(30)40-38(39)44/h5,7-12,14-24,33-35H,3-4,6,13H2,1-2H3,(H,40,44)/t33-,34+,35+,39-/m1/s1. The quantitative estimate of drug-likeness (QED) is 0.172. The number of nitrogens with zero attached hydrogens (tertiary/aromatic N) is 1. The average molecular weight is 581 g/mol. The minimum Gasteiger partial charge on any atom is -0.352 e. The summed E-state index contributed by atoms with van der Waals surface area (Å²) in [4.78, 5) is 46.4. The van der Waals surface area contributed by atoms with E-state index in [1.165, 1.54) is 5.56 Å². The maximum Gasteiger partial charge on any atom is 0.238 e. The highest BCUT2D eigenvalue weighted by atomic mass is 16.2. The number of Topliss-reactive ketones (excluding diaryl/α,β-unsaturated/α-hetero) is 2. The lowest BCUT2D eigenvalue weighted by Crippen LogP contribution is -2.51. The first kappa shape index (κ1) is 28.0. The topological polar surface area (TPSA) is 66.5 Å². The van der Waals surface area contributed by atoms with E-state index in [0.29, 0.717) is 16.8 Å². The molecule has 4 aromatic carbocycles. The number of aryl methyl sites for hydroxylation is 1. The Morgan fingerprint density at radius 2 is 1.48 bits per heavy atom. The van der Waals surface area contributed by atoms with Gasteiger partial charge in [0.1, 0.15) is 11.5 Å². The van der Waals surface area contributed by atoms with Crippen LogP contribution in [0.3, 0.4) is 0 Å². The van der Waals surface area contributed by atoms with Crippen molar-refractivity contribution in [3.8, 4) is 0 Å². The lowest BCUT2D eigenvalue weighted by atomic mass is 9.64. The van der Waals surface area contributed by atoms with Crippen LogP contribution < -0.4 is 10.2 Å². The number of ketones is 2. The molecule has 0 aromatic heterocycles. The second kappa shape index (κ2) is 11.1. The van der Waals surface area contributed by atoms with E-state index in [2.05, 4.69) is 23.2 Å². The zero-order valence-electron chi connectivity index (χ0n) is 25.1. The first-order chi connectivity index (χ1) is 21.5. The van der Waals surface area contributed by atoms with Crippen molar-refractivity contribution < 1.29 is 14.4 Å². The molecule has 1 fully saturated rings. The predicted octanol–water partition coefficient (Wildman–Crippen LogP) is 7.67. The predicted molar refractivity (Wildman–Crippen MR) is 175 cm³/mol. The number of allylic oxidation sites excluding steroid dienone is 1. The summed E-state index contributed by atoms with van der Waals surface area (Å²) in [6.07, 6.45) is 6.46. The number of benzene rings is 4. The fourth-order valence-corrected chi connectivity index (χ4v) is 7.75. The van der Waals surface area contributed by atoms with Crippen molar-refractivity contribution in [3.05, 3.63) is 137 Å². The minimum absolute atomic E-state index is 0.165. The number of hydrogen-bond acceptors (Lipinski definition) is 4. The maximum atomic E-state index is 15.0. The zero-order valence-corrected chi connectivity index (χ0v) is 25.1. The number of para-hydroxylation sites is 2. The van der Waals surface area contributed by atoms with E-state index in [1.54, 1.807) is 12.1 Å². The number of rotatable bonds is 8. The van der Waals surface area contributed by atoms with Crippen LogP contribution in [0.4, 0.5) is 11.4 Å². The first-order valence-corrected chi connectivity index (χ1v) is 15.7. The number of anilines is 2. The van der Waals surface area contributed by atoms with Crippen LogP contribution in [0.5, 0.6) is 0 Å². The van der Waals surface area contributed by atoms with Gasteiger partial charge in [0.15, 0.2) is 11.6 Å². The van der Waals surface area contributed by atoms with Gasteiger partial charge in [0, 0.05) is 28.1 Å². The molecule has 3 heterocycles. The molecule has 3 aliphatic rings. The minimum atomic E-state index is -1.31. The van der Waals surface area contributed by atoms with Crippen molar-refractivity contribution in [1.82, 2.24) is 0 Å². The third kappa shape index (κ3) is 4.17. The fraction of sp³-hybridized carbons (Fsp3) is 0.256. The lowest BCUT2D eigenvalue weighted by Gasteiger charge is -2.39. The number of unbranched alkanes of at least 4 members (excludes halogenated alkanes) is 2. The number of fused-ring (bicyclic) bond motifs is 6. The molecule has 44 heavy (non-hydrogen) atoms. The molecular formula is C39H36N2O3. The monoisotopic (exact) mass is 580 g/mol. The largest absolute Gasteiger partial charge is 0.352 e. The third-order valence-corrected chi connectivity index (χ3v) is 9.80. The van der Waals surface area contributed by atoms with E-state index in [4.69, 9.17) is 0 Å². The van der Waals surface area contributed by atoms with Gasteiger partial charge in [-0.05, 0) is 48.6 Å². The molecule has 3 aliphatic heterocycles. The molecule has 1 amide bonds. The van der Waals surface area contributed by atoms with E-state index < -0.39 is 23.4 Å². The smallest absolute Gasteiger partial charge is 0.238 e. The summed E-state index contributed by atoms with van der Waals surface area (Å²) in [7, 11) is 0. The molecule has 5 nitrogen and oxygen atoms in total. The van der Waals surface area contributed by atoms with Crippen molar-refractivity contribution in [2.45, 2.75) is 57.0 Å². The molecule has 220 valence electrons. The Labute approximate surface area is 258 Å². The van der Waals surface area contributed by atoms with Gasteiger partial charge in [0.25, 0.3) is 0 Å². The molecule has 5 heteroatoms. The second-order valence-corrected chi connectivity index (χ2v) is 12.3. The first-order valence-electron chi connectivity index (χ1n) is 15.7. The maximum absolute atomic E-state index is 15.0. The van der Waals surface area contributed by atoms with Crippen molar-refractivity contribution in [2.75, 3.05) is 10.2 Å². The SMILES string of the molecule is CCCCCc1ccc(C(=O)[C@@H]2[C@@H](C(=O)c3ccccc3)N3c4ccccc4C(C)=C[C@@H]3[C@@]23C(=O)Nc2ccccc23)cc1. The molecule has 0 radical (unpaired) electrons. The van der Waals surface area contributed by atoms with Gasteiger partial charge in [0.2, 0.25) is 5.91 Å². The molecule has 0 saturated carbocycles.